The van der Waals surface area contributed by atoms with Crippen molar-refractivity contribution in [1.82, 2.24) is 15.3 Å². The molecule has 1 atom stereocenters. The number of carbonyl (C=O) groups is 1. The highest BCUT2D eigenvalue weighted by molar-refractivity contribution is 6.30. The molecule has 7 nitrogen and oxygen atoms in total. The smallest absolute Gasteiger partial charge is 0.256 e. The number of anilines is 2. The number of aromatic nitrogens is 2. The van der Waals surface area contributed by atoms with Gasteiger partial charge in [0.1, 0.15) is 5.82 Å². The summed E-state index contributed by atoms with van der Waals surface area (Å²) in [4.78, 5) is 32.3. The fourth-order valence-electron chi connectivity index (χ4n) is 3.42. The Morgan fingerprint density at radius 2 is 2.06 bits per heavy atom. The van der Waals surface area contributed by atoms with Gasteiger partial charge in [-0.15, -0.1) is 0 Å². The van der Waals surface area contributed by atoms with Gasteiger partial charge >= 0.3 is 0 Å². The minimum Gasteiger partial charge on any atom is -0.394 e. The number of aliphatic hydroxyl groups is 1. The molecule has 1 aliphatic rings. The van der Waals surface area contributed by atoms with Gasteiger partial charge in [0.25, 0.3) is 11.5 Å². The predicted molar refractivity (Wildman–Crippen MR) is 121 cm³/mol. The van der Waals surface area contributed by atoms with Gasteiger partial charge in [0, 0.05) is 40.6 Å². The number of hydrogen-bond acceptors (Lipinski definition) is 5. The summed E-state index contributed by atoms with van der Waals surface area (Å²) in [6, 6.07) is 6.83. The van der Waals surface area contributed by atoms with Crippen molar-refractivity contribution in [2.45, 2.75) is 31.7 Å². The SMILES string of the molecule is CC(CO)NC(=O)c1cnccc1Nc1cc(-c2cc(Cl)ccc2F)c(=O)[nH]c1C1CC1. The zero-order chi connectivity index (χ0) is 22.8. The summed E-state index contributed by atoms with van der Waals surface area (Å²) in [6.45, 7) is 1.48. The van der Waals surface area contributed by atoms with Crippen molar-refractivity contribution >= 4 is 28.9 Å². The summed E-state index contributed by atoms with van der Waals surface area (Å²) < 4.78 is 14.5. The molecular formula is C23H22ClFN4O3. The Hall–Kier alpha value is -3.23. The first kappa shape index (κ1) is 22.0. The number of nitrogens with zero attached hydrogens (tertiary/aromatic N) is 1. The lowest BCUT2D eigenvalue weighted by Crippen LogP contribution is -2.35. The zero-order valence-electron chi connectivity index (χ0n) is 17.3. The number of rotatable bonds is 7. The Bertz CT molecular complexity index is 1230. The molecule has 32 heavy (non-hydrogen) atoms. The number of aliphatic hydroxyl groups excluding tert-OH is 1. The number of halogens is 2. The molecule has 0 spiro atoms. The van der Waals surface area contributed by atoms with Crippen molar-refractivity contribution in [3.8, 4) is 11.1 Å². The third kappa shape index (κ3) is 4.66. The van der Waals surface area contributed by atoms with Crippen molar-refractivity contribution in [2.75, 3.05) is 11.9 Å². The molecule has 0 bridgehead atoms. The second-order valence-corrected chi connectivity index (χ2v) is 8.28. The fourth-order valence-corrected chi connectivity index (χ4v) is 3.59. The van der Waals surface area contributed by atoms with Crippen LogP contribution in [-0.2, 0) is 0 Å². The van der Waals surface area contributed by atoms with Gasteiger partial charge in [0.15, 0.2) is 0 Å². The monoisotopic (exact) mass is 456 g/mol. The summed E-state index contributed by atoms with van der Waals surface area (Å²) in [5.41, 5.74) is 1.82. The molecule has 166 valence electrons. The second-order valence-electron chi connectivity index (χ2n) is 7.84. The maximum Gasteiger partial charge on any atom is 0.256 e. The van der Waals surface area contributed by atoms with Gasteiger partial charge in [0.2, 0.25) is 0 Å². The van der Waals surface area contributed by atoms with E-state index < -0.39 is 23.3 Å². The Kier molecular flexibility index (Phi) is 6.25. The molecule has 2 aromatic heterocycles. The Labute approximate surface area is 188 Å². The van der Waals surface area contributed by atoms with Gasteiger partial charge in [-0.2, -0.15) is 0 Å². The highest BCUT2D eigenvalue weighted by Gasteiger charge is 2.29. The average Bonchev–Trinajstić information content (AvgIpc) is 3.62. The molecule has 0 radical (unpaired) electrons. The van der Waals surface area contributed by atoms with Crippen LogP contribution in [0.15, 0.2) is 47.5 Å². The molecule has 2 heterocycles. The summed E-state index contributed by atoms with van der Waals surface area (Å²) in [5, 5.41) is 15.4. The van der Waals surface area contributed by atoms with E-state index in [1.54, 1.807) is 19.1 Å². The first-order valence-corrected chi connectivity index (χ1v) is 10.6. The highest BCUT2D eigenvalue weighted by atomic mass is 35.5. The predicted octanol–water partition coefficient (Wildman–Crippen LogP) is 3.96. The zero-order valence-corrected chi connectivity index (χ0v) is 18.0. The maximum atomic E-state index is 14.5. The number of H-pyrrole nitrogens is 1. The fraction of sp³-hybridized carbons (Fsp3) is 0.261. The summed E-state index contributed by atoms with van der Waals surface area (Å²) >= 11 is 6.03. The van der Waals surface area contributed by atoms with Gasteiger partial charge in [-0.25, -0.2) is 4.39 Å². The number of pyridine rings is 2. The molecule has 3 aromatic rings. The minimum atomic E-state index is -0.563. The van der Waals surface area contributed by atoms with E-state index in [4.69, 9.17) is 11.6 Å². The van der Waals surface area contributed by atoms with Crippen molar-refractivity contribution in [3.05, 3.63) is 75.2 Å². The average molecular weight is 457 g/mol. The molecular weight excluding hydrogens is 435 g/mol. The number of aromatic amines is 1. The van der Waals surface area contributed by atoms with Gasteiger partial charge < -0.3 is 20.7 Å². The van der Waals surface area contributed by atoms with Crippen LogP contribution in [-0.4, -0.2) is 33.6 Å². The molecule has 1 saturated carbocycles. The molecule has 1 aromatic carbocycles. The van der Waals surface area contributed by atoms with E-state index in [0.29, 0.717) is 22.1 Å². The largest absolute Gasteiger partial charge is 0.394 e. The van der Waals surface area contributed by atoms with E-state index in [1.165, 1.54) is 30.6 Å². The molecule has 0 saturated heterocycles. The summed E-state index contributed by atoms with van der Waals surface area (Å²) in [7, 11) is 0. The molecule has 4 rings (SSSR count). The van der Waals surface area contributed by atoms with Crippen LogP contribution in [0.5, 0.6) is 0 Å². The lowest BCUT2D eigenvalue weighted by molar-refractivity contribution is 0.0923. The molecule has 1 aliphatic carbocycles. The molecule has 1 fully saturated rings. The quantitative estimate of drug-likeness (QED) is 0.430. The van der Waals surface area contributed by atoms with Gasteiger partial charge in [-0.1, -0.05) is 11.6 Å². The molecule has 1 unspecified atom stereocenters. The minimum absolute atomic E-state index is 0.0913. The molecule has 4 N–H and O–H groups in total. The van der Waals surface area contributed by atoms with E-state index in [9.17, 15) is 19.1 Å². The Morgan fingerprint density at radius 1 is 1.28 bits per heavy atom. The van der Waals surface area contributed by atoms with E-state index in [0.717, 1.165) is 12.8 Å². The summed E-state index contributed by atoms with van der Waals surface area (Å²) in [6.07, 6.45) is 4.80. The van der Waals surface area contributed by atoms with Gasteiger partial charge in [-0.3, -0.25) is 14.6 Å². The van der Waals surface area contributed by atoms with Crippen LogP contribution in [0.3, 0.4) is 0 Å². The van der Waals surface area contributed by atoms with Crippen LogP contribution in [0.25, 0.3) is 11.1 Å². The lowest BCUT2D eigenvalue weighted by Gasteiger charge is -2.17. The first-order valence-electron chi connectivity index (χ1n) is 10.2. The lowest BCUT2D eigenvalue weighted by atomic mass is 10.0. The van der Waals surface area contributed by atoms with E-state index in [-0.39, 0.29) is 29.2 Å². The normalized spacial score (nSPS) is 14.1. The molecule has 1 amide bonds. The highest BCUT2D eigenvalue weighted by Crippen LogP contribution is 2.43. The van der Waals surface area contributed by atoms with Gasteiger partial charge in [-0.05, 0) is 50.1 Å². The molecule has 9 heteroatoms. The number of hydrogen-bond donors (Lipinski definition) is 4. The summed E-state index contributed by atoms with van der Waals surface area (Å²) in [5.74, 6) is -0.787. The van der Waals surface area contributed by atoms with Crippen molar-refractivity contribution < 1.29 is 14.3 Å². The number of carbonyl (C=O) groups excluding carboxylic acids is 1. The second kappa shape index (κ2) is 9.10. The van der Waals surface area contributed by atoms with Crippen molar-refractivity contribution in [1.29, 1.82) is 0 Å². The van der Waals surface area contributed by atoms with Gasteiger partial charge in [0.05, 0.1) is 29.1 Å². The number of amides is 1. The standard InChI is InChI=1S/C23H22ClFN4O3/c1-12(11-30)27-23(32)17-10-26-7-6-19(17)28-20-9-16(15-8-14(24)4-5-18(15)25)22(31)29-21(20)13-2-3-13/h4-10,12-13,30H,2-3,11H2,1H3,(H,26,28)(H,27,32)(H,29,31). The van der Waals surface area contributed by atoms with E-state index in [2.05, 4.69) is 20.6 Å². The van der Waals surface area contributed by atoms with E-state index in [1.807, 2.05) is 0 Å². The van der Waals surface area contributed by atoms with Crippen LogP contribution in [0.2, 0.25) is 5.02 Å². The van der Waals surface area contributed by atoms with Crippen molar-refractivity contribution in [2.24, 2.45) is 0 Å². The van der Waals surface area contributed by atoms with Crippen LogP contribution in [0.4, 0.5) is 15.8 Å². The third-order valence-corrected chi connectivity index (χ3v) is 5.50. The third-order valence-electron chi connectivity index (χ3n) is 5.26. The van der Waals surface area contributed by atoms with Crippen LogP contribution in [0, 0.1) is 5.82 Å². The Balaban J connectivity index is 1.77. The molecule has 0 aliphatic heterocycles. The van der Waals surface area contributed by atoms with Crippen LogP contribution >= 0.6 is 11.6 Å². The van der Waals surface area contributed by atoms with Crippen LogP contribution < -0.4 is 16.2 Å². The van der Waals surface area contributed by atoms with Crippen LogP contribution in [0.1, 0.15) is 41.7 Å². The maximum absolute atomic E-state index is 14.5. The van der Waals surface area contributed by atoms with Crippen molar-refractivity contribution in [3.63, 3.8) is 0 Å². The number of nitrogens with one attached hydrogen (secondary N) is 3. The topological polar surface area (TPSA) is 107 Å². The Morgan fingerprint density at radius 3 is 2.78 bits per heavy atom. The number of benzene rings is 1. The first-order chi connectivity index (χ1) is 15.4. The van der Waals surface area contributed by atoms with E-state index >= 15 is 0 Å².